The molecular formula is C21H22BrN3O2S2. The average molecular weight is 492 g/mol. The van der Waals surface area contributed by atoms with Gasteiger partial charge in [0.2, 0.25) is 0 Å². The van der Waals surface area contributed by atoms with Gasteiger partial charge in [0.05, 0.1) is 21.3 Å². The molecule has 0 saturated heterocycles. The molecular weight excluding hydrogens is 470 g/mol. The number of rotatable bonds is 7. The minimum absolute atomic E-state index is 0.213. The second kappa shape index (κ2) is 10.1. The van der Waals surface area contributed by atoms with Crippen molar-refractivity contribution in [2.24, 2.45) is 0 Å². The molecule has 2 aromatic carbocycles. The lowest BCUT2D eigenvalue weighted by molar-refractivity contribution is 0.0977. The van der Waals surface area contributed by atoms with Crippen molar-refractivity contribution in [2.75, 3.05) is 11.9 Å². The number of carbonyl (C=O) groups is 1. The largest absolute Gasteiger partial charge is 0.493 e. The van der Waals surface area contributed by atoms with Crippen molar-refractivity contribution in [2.45, 2.75) is 33.1 Å². The minimum atomic E-state index is -0.297. The summed E-state index contributed by atoms with van der Waals surface area (Å²) in [6.45, 7) is 4.65. The molecule has 0 atom stereocenters. The topological polar surface area (TPSA) is 63.2 Å². The Morgan fingerprint density at radius 3 is 2.79 bits per heavy atom. The predicted octanol–water partition coefficient (Wildman–Crippen LogP) is 5.93. The molecule has 152 valence electrons. The van der Waals surface area contributed by atoms with Crippen LogP contribution in [-0.4, -0.2) is 22.6 Å². The fraction of sp³-hybridized carbons (Fsp3) is 0.286. The zero-order chi connectivity index (χ0) is 20.8. The summed E-state index contributed by atoms with van der Waals surface area (Å²) in [5, 5.41) is 6.58. The van der Waals surface area contributed by atoms with E-state index in [2.05, 4.69) is 50.6 Å². The van der Waals surface area contributed by atoms with Crippen molar-refractivity contribution in [1.29, 1.82) is 0 Å². The number of halogens is 1. The minimum Gasteiger partial charge on any atom is -0.493 e. The first-order valence-electron chi connectivity index (χ1n) is 9.44. The molecule has 0 fully saturated rings. The average Bonchev–Trinajstić information content (AvgIpc) is 3.09. The van der Waals surface area contributed by atoms with E-state index in [1.54, 1.807) is 18.2 Å². The molecule has 0 aliphatic rings. The van der Waals surface area contributed by atoms with Crippen LogP contribution in [0.2, 0.25) is 0 Å². The van der Waals surface area contributed by atoms with Crippen LogP contribution in [0.5, 0.6) is 5.75 Å². The van der Waals surface area contributed by atoms with Gasteiger partial charge in [-0.25, -0.2) is 4.98 Å². The van der Waals surface area contributed by atoms with Gasteiger partial charge < -0.3 is 10.1 Å². The van der Waals surface area contributed by atoms with Crippen molar-refractivity contribution >= 4 is 65.9 Å². The number of hydrogen-bond acceptors (Lipinski definition) is 5. The molecule has 0 aliphatic heterocycles. The number of anilines is 1. The number of nitrogens with zero attached hydrogens (tertiary/aromatic N) is 1. The van der Waals surface area contributed by atoms with E-state index in [1.807, 2.05) is 13.0 Å². The molecule has 0 unspecified atom stereocenters. The summed E-state index contributed by atoms with van der Waals surface area (Å²) >= 11 is 10.2. The number of hydrogen-bond donors (Lipinski definition) is 2. The SMILES string of the molecule is CCCCc1ccc2nc(NC(=S)NC(=O)c3ccc(OCC)c(Br)c3)sc2c1. The number of aromatic nitrogens is 1. The third-order valence-corrected chi connectivity index (χ3v) is 5.97. The van der Waals surface area contributed by atoms with Gasteiger partial charge in [-0.2, -0.15) is 0 Å². The molecule has 8 heteroatoms. The molecule has 1 aromatic heterocycles. The van der Waals surface area contributed by atoms with E-state index in [4.69, 9.17) is 17.0 Å². The maximum atomic E-state index is 12.5. The van der Waals surface area contributed by atoms with Crippen LogP contribution < -0.4 is 15.4 Å². The van der Waals surface area contributed by atoms with Crippen molar-refractivity contribution in [3.8, 4) is 5.75 Å². The van der Waals surface area contributed by atoms with E-state index >= 15 is 0 Å². The van der Waals surface area contributed by atoms with Gasteiger partial charge in [-0.3, -0.25) is 10.1 Å². The molecule has 3 rings (SSSR count). The summed E-state index contributed by atoms with van der Waals surface area (Å²) in [4.78, 5) is 17.0. The number of fused-ring (bicyclic) bond motifs is 1. The molecule has 0 spiro atoms. The smallest absolute Gasteiger partial charge is 0.257 e. The van der Waals surface area contributed by atoms with E-state index in [0.29, 0.717) is 23.1 Å². The van der Waals surface area contributed by atoms with Crippen LogP contribution >= 0.6 is 39.5 Å². The summed E-state index contributed by atoms with van der Waals surface area (Å²) in [6, 6.07) is 11.5. The Bertz CT molecular complexity index is 1040. The number of thiocarbonyl (C=S) groups is 1. The van der Waals surface area contributed by atoms with Gasteiger partial charge in [0.15, 0.2) is 10.2 Å². The molecule has 2 N–H and O–H groups in total. The molecule has 3 aromatic rings. The summed E-state index contributed by atoms with van der Waals surface area (Å²) in [7, 11) is 0. The number of carbonyl (C=O) groups excluding carboxylic acids is 1. The lowest BCUT2D eigenvalue weighted by Crippen LogP contribution is -2.34. The van der Waals surface area contributed by atoms with Gasteiger partial charge in [0.25, 0.3) is 5.91 Å². The molecule has 1 heterocycles. The van der Waals surface area contributed by atoms with Crippen LogP contribution in [0.25, 0.3) is 10.2 Å². The number of nitrogens with one attached hydrogen (secondary N) is 2. The zero-order valence-corrected chi connectivity index (χ0v) is 19.5. The van der Waals surface area contributed by atoms with Crippen LogP contribution in [-0.2, 0) is 6.42 Å². The van der Waals surface area contributed by atoms with Crippen molar-refractivity contribution in [3.63, 3.8) is 0 Å². The summed E-state index contributed by atoms with van der Waals surface area (Å²) in [5.74, 6) is 0.395. The van der Waals surface area contributed by atoms with Crippen molar-refractivity contribution < 1.29 is 9.53 Å². The molecule has 1 amide bonds. The van der Waals surface area contributed by atoms with E-state index in [1.165, 1.54) is 29.7 Å². The summed E-state index contributed by atoms with van der Waals surface area (Å²) in [6.07, 6.45) is 3.42. The van der Waals surface area contributed by atoms with Gasteiger partial charge in [-0.05, 0) is 83.8 Å². The van der Waals surface area contributed by atoms with Gasteiger partial charge in [0, 0.05) is 5.56 Å². The zero-order valence-electron chi connectivity index (χ0n) is 16.3. The van der Waals surface area contributed by atoms with E-state index in [0.717, 1.165) is 21.1 Å². The standard InChI is InChI=1S/C21H22BrN3O2S2/c1-3-5-6-13-7-9-16-18(11-13)29-21(23-16)25-20(28)24-19(26)14-8-10-17(27-4-2)15(22)12-14/h7-12H,3-6H2,1-2H3,(H2,23,24,25,26,28). The first-order valence-corrected chi connectivity index (χ1v) is 11.5. The number of thiazole rings is 1. The Kier molecular flexibility index (Phi) is 7.57. The highest BCUT2D eigenvalue weighted by Gasteiger charge is 2.12. The maximum Gasteiger partial charge on any atom is 0.257 e. The first kappa shape index (κ1) is 21.7. The highest BCUT2D eigenvalue weighted by Crippen LogP contribution is 2.28. The number of aryl methyl sites for hydroxylation is 1. The second-order valence-corrected chi connectivity index (χ2v) is 8.70. The molecule has 0 bridgehead atoms. The third-order valence-electron chi connectivity index (χ3n) is 4.21. The maximum absolute atomic E-state index is 12.5. The predicted molar refractivity (Wildman–Crippen MR) is 127 cm³/mol. The molecule has 0 saturated carbocycles. The Morgan fingerprint density at radius 2 is 2.07 bits per heavy atom. The lowest BCUT2D eigenvalue weighted by Gasteiger charge is -2.09. The Labute approximate surface area is 188 Å². The Hall–Kier alpha value is -2.03. The van der Waals surface area contributed by atoms with Crippen LogP contribution in [0.4, 0.5) is 5.13 Å². The quantitative estimate of drug-likeness (QED) is 0.401. The van der Waals surface area contributed by atoms with Gasteiger partial charge >= 0.3 is 0 Å². The summed E-state index contributed by atoms with van der Waals surface area (Å²) in [5.41, 5.74) is 2.71. The molecule has 29 heavy (non-hydrogen) atoms. The van der Waals surface area contributed by atoms with E-state index < -0.39 is 0 Å². The number of amides is 1. The highest BCUT2D eigenvalue weighted by molar-refractivity contribution is 9.10. The normalized spacial score (nSPS) is 10.7. The van der Waals surface area contributed by atoms with E-state index in [9.17, 15) is 4.79 Å². The van der Waals surface area contributed by atoms with Crippen LogP contribution in [0.15, 0.2) is 40.9 Å². The van der Waals surface area contributed by atoms with Crippen LogP contribution in [0.3, 0.4) is 0 Å². The summed E-state index contributed by atoms with van der Waals surface area (Å²) < 4.78 is 7.29. The van der Waals surface area contributed by atoms with Crippen LogP contribution in [0.1, 0.15) is 42.6 Å². The van der Waals surface area contributed by atoms with E-state index in [-0.39, 0.29) is 11.0 Å². The monoisotopic (exact) mass is 491 g/mol. The Balaban J connectivity index is 1.64. The van der Waals surface area contributed by atoms with Crippen molar-refractivity contribution in [3.05, 3.63) is 52.0 Å². The van der Waals surface area contributed by atoms with Gasteiger partial charge in [-0.1, -0.05) is 30.7 Å². The fourth-order valence-electron chi connectivity index (χ4n) is 2.78. The number of unbranched alkanes of at least 4 members (excludes halogenated alkanes) is 1. The number of benzene rings is 2. The van der Waals surface area contributed by atoms with Gasteiger partial charge in [0.1, 0.15) is 5.75 Å². The first-order chi connectivity index (χ1) is 14.0. The number of ether oxygens (including phenoxy) is 1. The van der Waals surface area contributed by atoms with Crippen LogP contribution in [0, 0.1) is 0 Å². The molecule has 5 nitrogen and oxygen atoms in total. The Morgan fingerprint density at radius 1 is 1.24 bits per heavy atom. The molecule has 0 radical (unpaired) electrons. The molecule has 0 aliphatic carbocycles. The second-order valence-electron chi connectivity index (χ2n) is 6.41. The van der Waals surface area contributed by atoms with Gasteiger partial charge in [-0.15, -0.1) is 0 Å². The van der Waals surface area contributed by atoms with Crippen molar-refractivity contribution in [1.82, 2.24) is 10.3 Å². The highest BCUT2D eigenvalue weighted by atomic mass is 79.9. The third kappa shape index (κ3) is 5.74. The lowest BCUT2D eigenvalue weighted by atomic mass is 10.1. The fourth-order valence-corrected chi connectivity index (χ4v) is 4.46.